The zero-order valence-corrected chi connectivity index (χ0v) is 21.3. The van der Waals surface area contributed by atoms with Crippen molar-refractivity contribution >= 4 is 28.2 Å². The van der Waals surface area contributed by atoms with Gasteiger partial charge in [0.1, 0.15) is 0 Å². The third kappa shape index (κ3) is 4.79. The number of rotatable bonds is 7. The largest absolute Gasteiger partial charge is 0.356 e. The van der Waals surface area contributed by atoms with Crippen LogP contribution in [0.4, 0.5) is 11.4 Å². The van der Waals surface area contributed by atoms with Gasteiger partial charge in [-0.1, -0.05) is 42.5 Å². The Bertz CT molecular complexity index is 1510. The van der Waals surface area contributed by atoms with Gasteiger partial charge in [-0.3, -0.25) is 14.9 Å². The molecule has 0 bridgehead atoms. The number of aromatic nitrogens is 2. The Balaban J connectivity index is 1.35. The van der Waals surface area contributed by atoms with Gasteiger partial charge in [0.05, 0.1) is 22.6 Å². The number of nitrogens with one attached hydrogen (secondary N) is 1. The molecule has 8 nitrogen and oxygen atoms in total. The van der Waals surface area contributed by atoms with Crippen LogP contribution in [0.25, 0.3) is 10.9 Å². The first-order valence-electron chi connectivity index (χ1n) is 13.2. The minimum atomic E-state index is -0.349. The highest BCUT2D eigenvalue weighted by Crippen LogP contribution is 2.56. The summed E-state index contributed by atoms with van der Waals surface area (Å²) in [6.07, 6.45) is 4.11. The summed E-state index contributed by atoms with van der Waals surface area (Å²) >= 11 is 0. The second-order valence-corrected chi connectivity index (χ2v) is 10.3. The van der Waals surface area contributed by atoms with E-state index in [9.17, 15) is 14.9 Å². The number of ether oxygens (including phenoxy) is 1. The maximum absolute atomic E-state index is 12.9. The van der Waals surface area contributed by atoms with Gasteiger partial charge in [-0.15, -0.1) is 0 Å². The molecule has 4 aromatic rings. The summed E-state index contributed by atoms with van der Waals surface area (Å²) in [7, 11) is 0. The van der Waals surface area contributed by atoms with Crippen LogP contribution < -0.4 is 5.32 Å². The Kier molecular flexibility index (Phi) is 6.41. The van der Waals surface area contributed by atoms with Gasteiger partial charge in [0, 0.05) is 35.7 Å². The van der Waals surface area contributed by atoms with Crippen LogP contribution in [0.15, 0.2) is 66.7 Å². The summed E-state index contributed by atoms with van der Waals surface area (Å²) in [6, 6.07) is 20.7. The summed E-state index contributed by atoms with van der Waals surface area (Å²) < 4.78 is 8.11. The molecule has 6 rings (SSSR count). The number of amides is 1. The fourth-order valence-corrected chi connectivity index (χ4v) is 5.57. The molecule has 1 saturated carbocycles. The molecule has 2 aliphatic rings. The molecule has 2 fully saturated rings. The van der Waals surface area contributed by atoms with Crippen LogP contribution in [0.3, 0.4) is 0 Å². The van der Waals surface area contributed by atoms with Crippen molar-refractivity contribution in [3.8, 4) is 0 Å². The van der Waals surface area contributed by atoms with Crippen LogP contribution in [0.5, 0.6) is 0 Å². The van der Waals surface area contributed by atoms with E-state index in [1.165, 1.54) is 6.07 Å². The molecular weight excluding hydrogens is 480 g/mol. The molecule has 0 radical (unpaired) electrons. The number of carbonyl (C=O) groups is 1. The number of aryl methyl sites for hydroxylation is 1. The first-order chi connectivity index (χ1) is 18.5. The summed E-state index contributed by atoms with van der Waals surface area (Å²) in [6.45, 7) is 2.72. The lowest BCUT2D eigenvalue weighted by Crippen LogP contribution is -2.19. The number of nitro groups is 1. The van der Waals surface area contributed by atoms with Gasteiger partial charge in [-0.25, -0.2) is 4.68 Å². The smallest absolute Gasteiger partial charge is 0.269 e. The third-order valence-electron chi connectivity index (χ3n) is 7.64. The number of hydrogen-bond acceptors (Lipinski definition) is 5. The number of hydrogen-bond donors (Lipinski definition) is 1. The highest BCUT2D eigenvalue weighted by Gasteiger charge is 2.43. The minimum Gasteiger partial charge on any atom is -0.356 e. The van der Waals surface area contributed by atoms with E-state index < -0.39 is 0 Å². The summed E-state index contributed by atoms with van der Waals surface area (Å²) in [4.78, 5) is 23.8. The van der Waals surface area contributed by atoms with Crippen LogP contribution in [0.1, 0.15) is 66.1 Å². The van der Waals surface area contributed by atoms with Crippen LogP contribution in [0, 0.1) is 17.0 Å². The number of non-ortho nitro benzene ring substituents is 1. The van der Waals surface area contributed by atoms with E-state index >= 15 is 0 Å². The van der Waals surface area contributed by atoms with Crippen LogP contribution in [-0.2, 0) is 16.0 Å². The van der Waals surface area contributed by atoms with E-state index in [2.05, 4.69) is 11.4 Å². The van der Waals surface area contributed by atoms with E-state index in [1.807, 2.05) is 54.1 Å². The molecule has 1 amide bonds. The van der Waals surface area contributed by atoms with Gasteiger partial charge in [-0.05, 0) is 67.3 Å². The van der Waals surface area contributed by atoms with E-state index in [4.69, 9.17) is 9.84 Å². The molecule has 0 spiro atoms. The molecule has 3 unspecified atom stereocenters. The molecule has 38 heavy (non-hydrogen) atoms. The van der Waals surface area contributed by atoms with E-state index in [0.717, 1.165) is 64.7 Å². The van der Waals surface area contributed by atoms with Crippen molar-refractivity contribution in [1.29, 1.82) is 0 Å². The van der Waals surface area contributed by atoms with E-state index in [0.29, 0.717) is 13.0 Å². The molecule has 3 aromatic carbocycles. The minimum absolute atomic E-state index is 0.0656. The maximum Gasteiger partial charge on any atom is 0.269 e. The molecule has 1 N–H and O–H groups in total. The Morgan fingerprint density at radius 2 is 1.95 bits per heavy atom. The lowest BCUT2D eigenvalue weighted by atomic mass is 10.0. The average molecular weight is 511 g/mol. The number of fused-ring (bicyclic) bond motifs is 1. The van der Waals surface area contributed by atoms with Crippen molar-refractivity contribution < 1.29 is 14.5 Å². The number of benzene rings is 3. The van der Waals surface area contributed by atoms with E-state index in [1.54, 1.807) is 12.1 Å². The third-order valence-corrected chi connectivity index (χ3v) is 7.64. The van der Waals surface area contributed by atoms with Crippen molar-refractivity contribution in [2.24, 2.45) is 0 Å². The first-order valence-corrected chi connectivity index (χ1v) is 13.2. The highest BCUT2D eigenvalue weighted by molar-refractivity contribution is 5.97. The fourth-order valence-electron chi connectivity index (χ4n) is 5.57. The average Bonchev–Trinajstić information content (AvgIpc) is 3.65. The zero-order valence-electron chi connectivity index (χ0n) is 21.3. The van der Waals surface area contributed by atoms with Crippen LogP contribution >= 0.6 is 0 Å². The Morgan fingerprint density at radius 3 is 2.71 bits per heavy atom. The van der Waals surface area contributed by atoms with Crippen molar-refractivity contribution in [3.05, 3.63) is 99.2 Å². The predicted octanol–water partition coefficient (Wildman–Crippen LogP) is 6.40. The van der Waals surface area contributed by atoms with Gasteiger partial charge >= 0.3 is 0 Å². The summed E-state index contributed by atoms with van der Waals surface area (Å²) in [5.74, 6) is 0.259. The van der Waals surface area contributed by atoms with Crippen LogP contribution in [-0.4, -0.2) is 27.2 Å². The topological polar surface area (TPSA) is 99.3 Å². The molecule has 8 heteroatoms. The highest BCUT2D eigenvalue weighted by atomic mass is 16.6. The number of nitro benzene ring substituents is 1. The molecule has 1 aliphatic carbocycles. The second-order valence-electron chi connectivity index (χ2n) is 10.3. The quantitative estimate of drug-likeness (QED) is 0.229. The van der Waals surface area contributed by atoms with Crippen LogP contribution in [0.2, 0.25) is 0 Å². The summed E-state index contributed by atoms with van der Waals surface area (Å²) in [5.41, 5.74) is 5.73. The van der Waals surface area contributed by atoms with Gasteiger partial charge in [0.25, 0.3) is 5.69 Å². The van der Waals surface area contributed by atoms with Gasteiger partial charge in [-0.2, -0.15) is 5.10 Å². The summed E-state index contributed by atoms with van der Waals surface area (Å²) in [5, 5.41) is 20.5. The van der Waals surface area contributed by atoms with Crippen molar-refractivity contribution in [3.63, 3.8) is 0 Å². The maximum atomic E-state index is 12.9. The molecule has 2 heterocycles. The monoisotopic (exact) mass is 510 g/mol. The van der Waals surface area contributed by atoms with Crippen molar-refractivity contribution in [1.82, 2.24) is 9.78 Å². The first kappa shape index (κ1) is 24.3. The molecule has 1 saturated heterocycles. The molecule has 3 atom stereocenters. The van der Waals surface area contributed by atoms with Gasteiger partial charge in [0.2, 0.25) is 5.91 Å². The number of anilines is 1. The Hall–Kier alpha value is -4.04. The molecule has 1 aliphatic heterocycles. The second kappa shape index (κ2) is 10.0. The Morgan fingerprint density at radius 1 is 1.11 bits per heavy atom. The molecular formula is C30H30N4O4. The van der Waals surface area contributed by atoms with Gasteiger partial charge < -0.3 is 10.1 Å². The van der Waals surface area contributed by atoms with E-state index in [-0.39, 0.29) is 34.6 Å². The normalized spacial score (nSPS) is 20.8. The zero-order chi connectivity index (χ0) is 26.2. The number of nitrogens with zero attached hydrogens (tertiary/aromatic N) is 3. The lowest BCUT2D eigenvalue weighted by molar-refractivity contribution is -0.384. The standard InChI is InChI=1S/C30H30N4O4/c1-19-14-27-25(18-26(19)31-28(35)15-20-8-3-2-4-9-20)30(32-33(27)29-12-5-6-13-38-29)24-17-23(24)21-10-7-11-22(16-21)34(36)37/h2-4,7-11,14,16,18,23-24,29H,5-6,12-13,15,17H2,1H3,(H,31,35). The molecule has 194 valence electrons. The lowest BCUT2D eigenvalue weighted by Gasteiger charge is -2.23. The van der Waals surface area contributed by atoms with Gasteiger partial charge in [0.15, 0.2) is 6.23 Å². The molecule has 1 aromatic heterocycles. The fraction of sp³-hybridized carbons (Fsp3) is 0.333. The van der Waals surface area contributed by atoms with Crippen molar-refractivity contribution in [2.75, 3.05) is 11.9 Å². The van der Waals surface area contributed by atoms with Crippen molar-refractivity contribution in [2.45, 2.75) is 57.1 Å². The predicted molar refractivity (Wildman–Crippen MR) is 145 cm³/mol. The Labute approximate surface area is 220 Å². The number of carbonyl (C=O) groups excluding carboxylic acids is 1. The SMILES string of the molecule is Cc1cc2c(cc1NC(=O)Cc1ccccc1)c(C1CC1c1cccc([N+](=O)[O-])c1)nn2C1CCCCO1.